The summed E-state index contributed by atoms with van der Waals surface area (Å²) in [6, 6.07) is 10.7. The maximum absolute atomic E-state index is 4.42. The summed E-state index contributed by atoms with van der Waals surface area (Å²) in [6.45, 7) is 4.99. The van der Waals surface area contributed by atoms with Crippen LogP contribution in [0, 0.1) is 6.92 Å². The van der Waals surface area contributed by atoms with Crippen LogP contribution < -0.4 is 5.32 Å². The normalized spacial score (nSPS) is 12.7. The van der Waals surface area contributed by atoms with E-state index in [2.05, 4.69) is 45.4 Å². The molecule has 1 unspecified atom stereocenters. The fraction of sp³-hybridized carbons (Fsp3) is 0.250. The summed E-state index contributed by atoms with van der Waals surface area (Å²) in [6.07, 6.45) is 3.64. The van der Waals surface area contributed by atoms with E-state index in [9.17, 15) is 0 Å². The van der Waals surface area contributed by atoms with Gasteiger partial charge in [0.25, 0.3) is 0 Å². The average molecular weight is 266 g/mol. The summed E-state index contributed by atoms with van der Waals surface area (Å²) in [5.41, 5.74) is 4.62. The number of aryl methyl sites for hydroxylation is 1. The molecule has 20 heavy (non-hydrogen) atoms. The molecular weight excluding hydrogens is 248 g/mol. The van der Waals surface area contributed by atoms with Gasteiger partial charge >= 0.3 is 0 Å². The molecule has 0 amide bonds. The maximum Gasteiger partial charge on any atom is 0.104 e. The van der Waals surface area contributed by atoms with Gasteiger partial charge in [-0.2, -0.15) is 0 Å². The highest BCUT2D eigenvalue weighted by atomic mass is 14.9. The van der Waals surface area contributed by atoms with Crippen LogP contribution in [0.5, 0.6) is 0 Å². The molecule has 3 aromatic rings. The Morgan fingerprint density at radius 2 is 2.00 bits per heavy atom. The van der Waals surface area contributed by atoms with Gasteiger partial charge in [-0.1, -0.05) is 6.07 Å². The van der Waals surface area contributed by atoms with E-state index in [1.54, 1.807) is 0 Å². The molecule has 4 heteroatoms. The first kappa shape index (κ1) is 12.8. The van der Waals surface area contributed by atoms with E-state index in [0.29, 0.717) is 0 Å². The number of nitrogens with one attached hydrogen (secondary N) is 2. The summed E-state index contributed by atoms with van der Waals surface area (Å²) in [5.74, 6) is 0.953. The summed E-state index contributed by atoms with van der Waals surface area (Å²) >= 11 is 0. The summed E-state index contributed by atoms with van der Waals surface area (Å²) < 4.78 is 0. The summed E-state index contributed by atoms with van der Waals surface area (Å²) in [4.78, 5) is 11.7. The van der Waals surface area contributed by atoms with Crippen LogP contribution in [0.4, 0.5) is 0 Å². The van der Waals surface area contributed by atoms with Gasteiger partial charge < -0.3 is 10.3 Å². The van der Waals surface area contributed by atoms with Crippen molar-refractivity contribution in [2.45, 2.75) is 26.4 Å². The number of nitrogens with zero attached hydrogens (tertiary/aromatic N) is 2. The van der Waals surface area contributed by atoms with Crippen molar-refractivity contribution in [3.63, 3.8) is 0 Å². The SMILES string of the molecule is Cc1nc2ccc(C(C)NCc3ccncc3)cc2[nH]1. The molecule has 0 saturated carbocycles. The second-order valence-electron chi connectivity index (χ2n) is 5.06. The Labute approximate surface area is 118 Å². The fourth-order valence-electron chi connectivity index (χ4n) is 2.31. The third-order valence-corrected chi connectivity index (χ3v) is 3.49. The predicted molar refractivity (Wildman–Crippen MR) is 80.3 cm³/mol. The lowest BCUT2D eigenvalue weighted by atomic mass is 10.1. The van der Waals surface area contributed by atoms with E-state index in [1.807, 2.05) is 31.5 Å². The maximum atomic E-state index is 4.42. The minimum atomic E-state index is 0.288. The van der Waals surface area contributed by atoms with Crippen molar-refractivity contribution >= 4 is 11.0 Å². The van der Waals surface area contributed by atoms with Gasteiger partial charge in [-0.3, -0.25) is 4.98 Å². The first-order valence-electron chi connectivity index (χ1n) is 6.81. The number of aromatic nitrogens is 3. The second-order valence-corrected chi connectivity index (χ2v) is 5.06. The number of hydrogen-bond donors (Lipinski definition) is 2. The number of pyridine rings is 1. The Morgan fingerprint density at radius 3 is 2.80 bits per heavy atom. The van der Waals surface area contributed by atoms with Gasteiger partial charge in [-0.15, -0.1) is 0 Å². The number of imidazole rings is 1. The van der Waals surface area contributed by atoms with Gasteiger partial charge in [0.2, 0.25) is 0 Å². The molecule has 0 fully saturated rings. The van der Waals surface area contributed by atoms with Crippen LogP contribution >= 0.6 is 0 Å². The zero-order chi connectivity index (χ0) is 13.9. The van der Waals surface area contributed by atoms with Crippen LogP contribution in [-0.4, -0.2) is 15.0 Å². The monoisotopic (exact) mass is 266 g/mol. The number of aromatic amines is 1. The lowest BCUT2D eigenvalue weighted by molar-refractivity contribution is 0.575. The topological polar surface area (TPSA) is 53.6 Å². The lowest BCUT2D eigenvalue weighted by Gasteiger charge is -2.14. The molecule has 102 valence electrons. The van der Waals surface area contributed by atoms with Crippen LogP contribution in [0.1, 0.15) is 29.9 Å². The molecule has 1 atom stereocenters. The highest BCUT2D eigenvalue weighted by molar-refractivity contribution is 5.75. The molecule has 4 nitrogen and oxygen atoms in total. The number of fused-ring (bicyclic) bond motifs is 1. The molecule has 0 bridgehead atoms. The molecule has 2 aromatic heterocycles. The Morgan fingerprint density at radius 1 is 1.20 bits per heavy atom. The molecule has 3 rings (SSSR count). The van der Waals surface area contributed by atoms with E-state index < -0.39 is 0 Å². The first-order chi connectivity index (χ1) is 9.72. The predicted octanol–water partition coefficient (Wildman–Crippen LogP) is 3.12. The van der Waals surface area contributed by atoms with E-state index in [0.717, 1.165) is 23.4 Å². The fourth-order valence-corrected chi connectivity index (χ4v) is 2.31. The van der Waals surface area contributed by atoms with Gasteiger partial charge in [0.05, 0.1) is 11.0 Å². The first-order valence-corrected chi connectivity index (χ1v) is 6.81. The Kier molecular flexibility index (Phi) is 3.48. The molecule has 0 aliphatic carbocycles. The third kappa shape index (κ3) is 2.70. The van der Waals surface area contributed by atoms with Crippen molar-refractivity contribution in [1.29, 1.82) is 0 Å². The number of H-pyrrole nitrogens is 1. The standard InChI is InChI=1S/C16H18N4/c1-11(18-10-13-5-7-17-8-6-13)14-3-4-15-16(9-14)20-12(2)19-15/h3-9,11,18H,10H2,1-2H3,(H,19,20). The molecule has 0 radical (unpaired) electrons. The lowest BCUT2D eigenvalue weighted by Crippen LogP contribution is -2.18. The highest BCUT2D eigenvalue weighted by Crippen LogP contribution is 2.19. The van der Waals surface area contributed by atoms with Crippen molar-refractivity contribution < 1.29 is 0 Å². The van der Waals surface area contributed by atoms with Crippen LogP contribution in [-0.2, 0) is 6.54 Å². The summed E-state index contributed by atoms with van der Waals surface area (Å²) in [7, 11) is 0. The van der Waals surface area contributed by atoms with Gasteiger partial charge in [-0.25, -0.2) is 4.98 Å². The zero-order valence-electron chi connectivity index (χ0n) is 11.7. The second kappa shape index (κ2) is 5.43. The van der Waals surface area contributed by atoms with Crippen molar-refractivity contribution in [3.8, 4) is 0 Å². The molecule has 1 aromatic carbocycles. The molecular formula is C16H18N4. The Balaban J connectivity index is 1.73. The van der Waals surface area contributed by atoms with E-state index in [1.165, 1.54) is 11.1 Å². The molecule has 0 aliphatic rings. The third-order valence-electron chi connectivity index (χ3n) is 3.49. The Hall–Kier alpha value is -2.20. The number of rotatable bonds is 4. The Bertz CT molecular complexity index is 703. The van der Waals surface area contributed by atoms with Crippen molar-refractivity contribution in [2.75, 3.05) is 0 Å². The van der Waals surface area contributed by atoms with Gasteiger partial charge in [0.1, 0.15) is 5.82 Å². The largest absolute Gasteiger partial charge is 0.342 e. The summed E-state index contributed by atoms with van der Waals surface area (Å²) in [5, 5.41) is 3.52. The smallest absolute Gasteiger partial charge is 0.104 e. The van der Waals surface area contributed by atoms with E-state index in [-0.39, 0.29) is 6.04 Å². The number of hydrogen-bond acceptors (Lipinski definition) is 3. The van der Waals surface area contributed by atoms with Gasteiger partial charge in [-0.05, 0) is 49.2 Å². The minimum Gasteiger partial charge on any atom is -0.342 e. The van der Waals surface area contributed by atoms with Crippen LogP contribution in [0.2, 0.25) is 0 Å². The molecule has 0 spiro atoms. The van der Waals surface area contributed by atoms with Crippen molar-refractivity contribution in [2.24, 2.45) is 0 Å². The van der Waals surface area contributed by atoms with Crippen LogP contribution in [0.25, 0.3) is 11.0 Å². The number of benzene rings is 1. The molecule has 2 N–H and O–H groups in total. The van der Waals surface area contributed by atoms with Crippen LogP contribution in [0.3, 0.4) is 0 Å². The minimum absolute atomic E-state index is 0.288. The average Bonchev–Trinajstić information content (AvgIpc) is 2.85. The highest BCUT2D eigenvalue weighted by Gasteiger charge is 2.07. The zero-order valence-corrected chi connectivity index (χ0v) is 11.7. The van der Waals surface area contributed by atoms with Gasteiger partial charge in [0.15, 0.2) is 0 Å². The quantitative estimate of drug-likeness (QED) is 0.763. The van der Waals surface area contributed by atoms with Crippen LogP contribution in [0.15, 0.2) is 42.7 Å². The van der Waals surface area contributed by atoms with E-state index in [4.69, 9.17) is 0 Å². The van der Waals surface area contributed by atoms with E-state index >= 15 is 0 Å². The molecule has 0 aliphatic heterocycles. The molecule has 0 saturated heterocycles. The molecule has 2 heterocycles. The van der Waals surface area contributed by atoms with Crippen molar-refractivity contribution in [1.82, 2.24) is 20.3 Å². The van der Waals surface area contributed by atoms with Gasteiger partial charge in [0, 0.05) is 25.0 Å². The van der Waals surface area contributed by atoms with Crippen molar-refractivity contribution in [3.05, 3.63) is 59.7 Å².